The second-order valence-corrected chi connectivity index (χ2v) is 13.3. The average molecular weight is 727 g/mol. The normalized spacial score (nSPS) is 11.0. The van der Waals surface area contributed by atoms with Crippen LogP contribution in [0.15, 0.2) is 188 Å². The summed E-state index contributed by atoms with van der Waals surface area (Å²) in [5.41, 5.74) is 9.21. The van der Waals surface area contributed by atoms with Crippen LogP contribution in [-0.2, 0) is 0 Å². The largest absolute Gasteiger partial charge is 0.208 e. The van der Waals surface area contributed by atoms with Crippen molar-refractivity contribution in [3.63, 3.8) is 0 Å². The van der Waals surface area contributed by atoms with Crippen molar-refractivity contribution >= 4 is 11.6 Å². The molecule has 0 aliphatic heterocycles. The van der Waals surface area contributed by atoms with Crippen LogP contribution in [0.5, 0.6) is 0 Å². The van der Waals surface area contributed by atoms with Crippen LogP contribution in [0.25, 0.3) is 90.6 Å². The van der Waals surface area contributed by atoms with Crippen molar-refractivity contribution in [2.24, 2.45) is 0 Å². The topological polar surface area (TPSA) is 77.3 Å². The Morgan fingerprint density at radius 3 is 1.07 bits per heavy atom. The number of hydrogen-bond donors (Lipinski definition) is 0. The summed E-state index contributed by atoms with van der Waals surface area (Å²) in [5.74, 6) is 3.56. The van der Waals surface area contributed by atoms with Crippen molar-refractivity contribution in [3.8, 4) is 90.6 Å². The highest BCUT2D eigenvalue weighted by atomic mass is 35.5. The fourth-order valence-corrected chi connectivity index (χ4v) is 6.77. The van der Waals surface area contributed by atoms with E-state index in [0.29, 0.717) is 40.0 Å². The van der Waals surface area contributed by atoms with Crippen molar-refractivity contribution in [1.29, 1.82) is 0 Å². The lowest BCUT2D eigenvalue weighted by Gasteiger charge is -2.16. The summed E-state index contributed by atoms with van der Waals surface area (Å²) in [6.07, 6.45) is 0. The van der Waals surface area contributed by atoms with E-state index in [4.69, 9.17) is 41.5 Å². The van der Waals surface area contributed by atoms with Gasteiger partial charge in [0, 0.05) is 38.4 Å². The number of aromatic nitrogens is 6. The van der Waals surface area contributed by atoms with Gasteiger partial charge in [0.2, 0.25) is 0 Å². The average Bonchev–Trinajstić information content (AvgIpc) is 3.27. The van der Waals surface area contributed by atoms with Gasteiger partial charge in [-0.1, -0.05) is 181 Å². The van der Waals surface area contributed by atoms with Crippen LogP contribution in [0.3, 0.4) is 0 Å². The predicted molar refractivity (Wildman–Crippen MR) is 222 cm³/mol. The highest BCUT2D eigenvalue weighted by Gasteiger charge is 2.19. The molecule has 0 unspecified atom stereocenters. The van der Waals surface area contributed by atoms with E-state index in [-0.39, 0.29) is 0 Å². The molecule has 9 aromatic rings. The maximum atomic E-state index is 6.77. The molecule has 6 nitrogen and oxygen atoms in total. The van der Waals surface area contributed by atoms with E-state index in [1.54, 1.807) is 0 Å². The first-order chi connectivity index (χ1) is 27.2. The molecular formula is C48H31ClN6. The van der Waals surface area contributed by atoms with Crippen molar-refractivity contribution in [2.75, 3.05) is 0 Å². The van der Waals surface area contributed by atoms with Gasteiger partial charge in [-0.2, -0.15) is 0 Å². The molecule has 0 spiro atoms. The first-order valence-electron chi connectivity index (χ1n) is 17.9. The van der Waals surface area contributed by atoms with Gasteiger partial charge in [0.1, 0.15) is 0 Å². The summed E-state index contributed by atoms with van der Waals surface area (Å²) in [7, 11) is 0. The van der Waals surface area contributed by atoms with Gasteiger partial charge in [-0.15, -0.1) is 0 Å². The molecule has 0 aliphatic carbocycles. The van der Waals surface area contributed by atoms with Crippen molar-refractivity contribution in [1.82, 2.24) is 29.9 Å². The Kier molecular flexibility index (Phi) is 9.22. The Balaban J connectivity index is 1.18. The SMILES string of the molecule is Clc1ccc(-c2cccc(-c3nc(-c4ccccc4)nc(-c4ccccc4)n3)c2)c(-c2ccccc2-c2nc(-c3ccccc3)nc(-c3ccccc3)n2)c1. The van der Waals surface area contributed by atoms with Gasteiger partial charge in [-0.25, -0.2) is 29.9 Å². The van der Waals surface area contributed by atoms with Crippen LogP contribution < -0.4 is 0 Å². The predicted octanol–water partition coefficient (Wildman–Crippen LogP) is 12.0. The summed E-state index contributed by atoms with van der Waals surface area (Å²) in [6, 6.07) is 62.4. The number of benzene rings is 7. The Labute approximate surface area is 324 Å². The van der Waals surface area contributed by atoms with E-state index in [1.165, 1.54) is 0 Å². The minimum atomic E-state index is 0.565. The van der Waals surface area contributed by atoms with Gasteiger partial charge in [0.15, 0.2) is 34.9 Å². The van der Waals surface area contributed by atoms with E-state index in [0.717, 1.165) is 55.6 Å². The van der Waals surface area contributed by atoms with E-state index < -0.39 is 0 Å². The zero-order valence-corrected chi connectivity index (χ0v) is 30.2. The minimum Gasteiger partial charge on any atom is -0.208 e. The second-order valence-electron chi connectivity index (χ2n) is 12.9. The lowest BCUT2D eigenvalue weighted by molar-refractivity contribution is 1.07. The Morgan fingerprint density at radius 1 is 0.236 bits per heavy atom. The fraction of sp³-hybridized carbons (Fsp3) is 0. The summed E-state index contributed by atoms with van der Waals surface area (Å²) >= 11 is 6.77. The standard InChI is InChI=1S/C48H31ClN6/c49-38-28-29-39(36-24-15-25-37(30-36)47-52-43(32-16-5-1-6-17-32)50-44(53-47)33-18-7-2-8-19-33)42(31-38)40-26-13-14-27-41(40)48-54-45(34-20-9-3-10-21-34)51-46(55-48)35-22-11-4-12-23-35/h1-31H. The highest BCUT2D eigenvalue weighted by Crippen LogP contribution is 2.40. The first kappa shape index (κ1) is 33.7. The fourth-order valence-electron chi connectivity index (χ4n) is 6.60. The molecule has 7 heteroatoms. The molecule has 0 radical (unpaired) electrons. The summed E-state index contributed by atoms with van der Waals surface area (Å²) < 4.78 is 0. The zero-order chi connectivity index (χ0) is 37.0. The lowest BCUT2D eigenvalue weighted by atomic mass is 9.91. The Hall–Kier alpha value is -7.15. The lowest BCUT2D eigenvalue weighted by Crippen LogP contribution is -2.01. The van der Waals surface area contributed by atoms with E-state index in [9.17, 15) is 0 Å². The molecule has 2 aromatic heterocycles. The van der Waals surface area contributed by atoms with Gasteiger partial charge in [0.05, 0.1) is 0 Å². The Bertz CT molecular complexity index is 2640. The summed E-state index contributed by atoms with van der Waals surface area (Å²) in [4.78, 5) is 29.9. The molecule has 0 fully saturated rings. The van der Waals surface area contributed by atoms with Crippen molar-refractivity contribution in [2.45, 2.75) is 0 Å². The molecule has 0 bridgehead atoms. The van der Waals surface area contributed by atoms with Gasteiger partial charge < -0.3 is 0 Å². The Morgan fingerprint density at radius 2 is 0.600 bits per heavy atom. The monoisotopic (exact) mass is 726 g/mol. The van der Waals surface area contributed by atoms with Crippen LogP contribution in [-0.4, -0.2) is 29.9 Å². The van der Waals surface area contributed by atoms with E-state index in [1.807, 2.05) is 158 Å². The van der Waals surface area contributed by atoms with Gasteiger partial charge in [0.25, 0.3) is 0 Å². The third-order valence-electron chi connectivity index (χ3n) is 9.27. The molecule has 260 valence electrons. The van der Waals surface area contributed by atoms with Gasteiger partial charge in [-0.05, 0) is 40.5 Å². The smallest absolute Gasteiger partial charge is 0.164 e. The number of nitrogens with zero attached hydrogens (tertiary/aromatic N) is 6. The summed E-state index contributed by atoms with van der Waals surface area (Å²) in [5, 5.41) is 0.618. The third kappa shape index (κ3) is 7.14. The maximum Gasteiger partial charge on any atom is 0.164 e. The molecular weight excluding hydrogens is 696 g/mol. The molecule has 0 atom stereocenters. The van der Waals surface area contributed by atoms with Crippen LogP contribution >= 0.6 is 11.6 Å². The molecule has 0 aliphatic rings. The second kappa shape index (κ2) is 15.1. The minimum absolute atomic E-state index is 0.565. The highest BCUT2D eigenvalue weighted by molar-refractivity contribution is 6.31. The molecule has 0 amide bonds. The zero-order valence-electron chi connectivity index (χ0n) is 29.5. The van der Waals surface area contributed by atoms with Crippen molar-refractivity contribution in [3.05, 3.63) is 193 Å². The van der Waals surface area contributed by atoms with Crippen LogP contribution in [0.2, 0.25) is 5.02 Å². The number of rotatable bonds is 8. The van der Waals surface area contributed by atoms with Crippen LogP contribution in [0, 0.1) is 0 Å². The maximum absolute atomic E-state index is 6.77. The third-order valence-corrected chi connectivity index (χ3v) is 9.51. The van der Waals surface area contributed by atoms with Crippen LogP contribution in [0.4, 0.5) is 0 Å². The molecule has 55 heavy (non-hydrogen) atoms. The summed E-state index contributed by atoms with van der Waals surface area (Å²) in [6.45, 7) is 0. The molecule has 7 aromatic carbocycles. The number of hydrogen-bond acceptors (Lipinski definition) is 6. The van der Waals surface area contributed by atoms with Crippen molar-refractivity contribution < 1.29 is 0 Å². The van der Waals surface area contributed by atoms with E-state index >= 15 is 0 Å². The molecule has 0 N–H and O–H groups in total. The quantitative estimate of drug-likeness (QED) is 0.155. The molecule has 0 saturated carbocycles. The molecule has 9 rings (SSSR count). The van der Waals surface area contributed by atoms with Gasteiger partial charge in [-0.3, -0.25) is 0 Å². The number of halogens is 1. The first-order valence-corrected chi connectivity index (χ1v) is 18.3. The van der Waals surface area contributed by atoms with E-state index in [2.05, 4.69) is 30.3 Å². The van der Waals surface area contributed by atoms with Crippen LogP contribution in [0.1, 0.15) is 0 Å². The molecule has 0 saturated heterocycles. The van der Waals surface area contributed by atoms with Gasteiger partial charge >= 0.3 is 0 Å². The molecule has 2 heterocycles.